The second kappa shape index (κ2) is 5.22. The van der Waals surface area contributed by atoms with Gasteiger partial charge < -0.3 is 5.32 Å². The van der Waals surface area contributed by atoms with Crippen molar-refractivity contribution in [3.05, 3.63) is 28.7 Å². The van der Waals surface area contributed by atoms with Crippen LogP contribution in [0.2, 0.25) is 0 Å². The van der Waals surface area contributed by atoms with Gasteiger partial charge in [0.1, 0.15) is 0 Å². The number of hydrogen-bond donors (Lipinski definition) is 1. The Morgan fingerprint density at radius 2 is 1.81 bits per heavy atom. The van der Waals surface area contributed by atoms with E-state index in [2.05, 4.69) is 59.4 Å². The molecule has 2 rings (SSSR count). The molecule has 1 aromatic carbocycles. The zero-order chi connectivity index (χ0) is 11.5. The molecule has 2 heteroatoms. The molecule has 1 aliphatic rings. The Labute approximate surface area is 107 Å². The normalized spacial score (nSPS) is 30.1. The number of rotatable bonds is 2. The molecule has 1 nitrogen and oxygen atoms in total. The summed E-state index contributed by atoms with van der Waals surface area (Å²) in [5, 5.41) is 3.66. The lowest BCUT2D eigenvalue weighted by Gasteiger charge is -2.33. The minimum absolute atomic E-state index is 0.650. The van der Waals surface area contributed by atoms with E-state index < -0.39 is 0 Å². The topological polar surface area (TPSA) is 12.0 Å². The lowest BCUT2D eigenvalue weighted by Crippen LogP contribution is -2.32. The third-order valence-corrected chi connectivity index (χ3v) is 4.16. The van der Waals surface area contributed by atoms with Crippen LogP contribution in [0.1, 0.15) is 33.1 Å². The van der Waals surface area contributed by atoms with Gasteiger partial charge in [-0.2, -0.15) is 0 Å². The number of anilines is 1. The summed E-state index contributed by atoms with van der Waals surface area (Å²) in [6.07, 6.45) is 4.02. The van der Waals surface area contributed by atoms with Gasteiger partial charge in [-0.1, -0.05) is 29.8 Å². The molecule has 3 unspecified atom stereocenters. The van der Waals surface area contributed by atoms with Crippen molar-refractivity contribution in [2.75, 3.05) is 5.32 Å². The molecule has 3 atom stereocenters. The molecule has 16 heavy (non-hydrogen) atoms. The average Bonchev–Trinajstić information content (AvgIpc) is 2.25. The van der Waals surface area contributed by atoms with Gasteiger partial charge in [-0.25, -0.2) is 0 Å². The number of benzene rings is 1. The molecule has 1 N–H and O–H groups in total. The van der Waals surface area contributed by atoms with E-state index in [4.69, 9.17) is 0 Å². The summed E-state index contributed by atoms with van der Waals surface area (Å²) in [5.41, 5.74) is 1.25. The lowest BCUT2D eigenvalue weighted by molar-refractivity contribution is 0.276. The Balaban J connectivity index is 1.96. The predicted molar refractivity (Wildman–Crippen MR) is 73.7 cm³/mol. The first-order valence-electron chi connectivity index (χ1n) is 6.17. The van der Waals surface area contributed by atoms with Crippen LogP contribution < -0.4 is 5.32 Å². The molecule has 0 aromatic heterocycles. The molecule has 1 aliphatic carbocycles. The summed E-state index contributed by atoms with van der Waals surface area (Å²) in [4.78, 5) is 0. The predicted octanol–water partition coefficient (Wildman–Crippen LogP) is 4.69. The first-order valence-corrected chi connectivity index (χ1v) is 6.96. The molecule has 0 amide bonds. The van der Waals surface area contributed by atoms with Crippen molar-refractivity contribution >= 4 is 21.6 Å². The Morgan fingerprint density at radius 3 is 2.44 bits per heavy atom. The van der Waals surface area contributed by atoms with E-state index in [9.17, 15) is 0 Å². The van der Waals surface area contributed by atoms with Gasteiger partial charge >= 0.3 is 0 Å². The maximum atomic E-state index is 3.66. The van der Waals surface area contributed by atoms with Crippen LogP contribution >= 0.6 is 15.9 Å². The SMILES string of the molecule is CC1CCC(Nc2ccc(Br)cc2)C(C)C1. The molecule has 0 saturated heterocycles. The van der Waals surface area contributed by atoms with Crippen molar-refractivity contribution in [3.8, 4) is 0 Å². The molecular weight excluding hydrogens is 262 g/mol. The summed E-state index contributed by atoms with van der Waals surface area (Å²) in [6, 6.07) is 9.14. The highest BCUT2D eigenvalue weighted by atomic mass is 79.9. The minimum Gasteiger partial charge on any atom is -0.382 e. The first kappa shape index (κ1) is 12.0. The van der Waals surface area contributed by atoms with Crippen LogP contribution in [0, 0.1) is 11.8 Å². The van der Waals surface area contributed by atoms with E-state index in [1.807, 2.05) is 0 Å². The third-order valence-electron chi connectivity index (χ3n) is 3.63. The van der Waals surface area contributed by atoms with Gasteiger partial charge in [0.25, 0.3) is 0 Å². The number of nitrogens with one attached hydrogen (secondary N) is 1. The van der Waals surface area contributed by atoms with Crippen molar-refractivity contribution < 1.29 is 0 Å². The van der Waals surface area contributed by atoms with E-state index >= 15 is 0 Å². The molecule has 0 heterocycles. The highest BCUT2D eigenvalue weighted by Crippen LogP contribution is 2.30. The van der Waals surface area contributed by atoms with Gasteiger partial charge in [-0.05, 0) is 55.4 Å². The van der Waals surface area contributed by atoms with E-state index in [1.54, 1.807) is 0 Å². The largest absolute Gasteiger partial charge is 0.382 e. The van der Waals surface area contributed by atoms with E-state index in [1.165, 1.54) is 24.9 Å². The second-order valence-electron chi connectivity index (χ2n) is 5.15. The fourth-order valence-electron chi connectivity index (χ4n) is 2.64. The van der Waals surface area contributed by atoms with E-state index in [0.29, 0.717) is 6.04 Å². The quantitative estimate of drug-likeness (QED) is 0.830. The first-order chi connectivity index (χ1) is 7.65. The Morgan fingerprint density at radius 1 is 1.12 bits per heavy atom. The third kappa shape index (κ3) is 3.00. The van der Waals surface area contributed by atoms with Crippen LogP contribution in [0.4, 0.5) is 5.69 Å². The maximum absolute atomic E-state index is 3.66. The molecular formula is C14H20BrN. The van der Waals surface area contributed by atoms with Gasteiger partial charge in [0.2, 0.25) is 0 Å². The summed E-state index contributed by atoms with van der Waals surface area (Å²) in [5.74, 6) is 1.69. The average molecular weight is 282 g/mol. The fourth-order valence-corrected chi connectivity index (χ4v) is 2.90. The van der Waals surface area contributed by atoms with Crippen LogP contribution in [-0.4, -0.2) is 6.04 Å². The zero-order valence-electron chi connectivity index (χ0n) is 10.0. The van der Waals surface area contributed by atoms with Crippen molar-refractivity contribution in [3.63, 3.8) is 0 Å². The van der Waals surface area contributed by atoms with Crippen LogP contribution in [0.25, 0.3) is 0 Å². The van der Waals surface area contributed by atoms with Crippen LogP contribution in [-0.2, 0) is 0 Å². The highest BCUT2D eigenvalue weighted by molar-refractivity contribution is 9.10. The zero-order valence-corrected chi connectivity index (χ0v) is 11.6. The Kier molecular flexibility index (Phi) is 3.91. The molecule has 88 valence electrons. The van der Waals surface area contributed by atoms with Gasteiger partial charge in [0.15, 0.2) is 0 Å². The monoisotopic (exact) mass is 281 g/mol. The van der Waals surface area contributed by atoms with Crippen LogP contribution in [0.3, 0.4) is 0 Å². The summed E-state index contributed by atoms with van der Waals surface area (Å²) >= 11 is 3.46. The van der Waals surface area contributed by atoms with Gasteiger partial charge in [-0.3, -0.25) is 0 Å². The molecule has 0 bridgehead atoms. The van der Waals surface area contributed by atoms with Gasteiger partial charge in [0.05, 0.1) is 0 Å². The van der Waals surface area contributed by atoms with E-state index in [-0.39, 0.29) is 0 Å². The summed E-state index contributed by atoms with van der Waals surface area (Å²) in [7, 11) is 0. The smallest absolute Gasteiger partial charge is 0.0343 e. The van der Waals surface area contributed by atoms with Crippen molar-refractivity contribution in [1.82, 2.24) is 0 Å². The molecule has 1 saturated carbocycles. The lowest BCUT2D eigenvalue weighted by atomic mass is 9.80. The molecule has 0 spiro atoms. The number of halogens is 1. The van der Waals surface area contributed by atoms with Gasteiger partial charge in [-0.15, -0.1) is 0 Å². The van der Waals surface area contributed by atoms with Crippen LogP contribution in [0.5, 0.6) is 0 Å². The van der Waals surface area contributed by atoms with E-state index in [0.717, 1.165) is 16.3 Å². The standard InChI is InChI=1S/C14H20BrN/c1-10-3-8-14(11(2)9-10)16-13-6-4-12(15)5-7-13/h4-7,10-11,14,16H,3,8-9H2,1-2H3. The molecule has 0 radical (unpaired) electrons. The number of hydrogen-bond acceptors (Lipinski definition) is 1. The minimum atomic E-state index is 0.650. The Bertz CT molecular complexity index is 333. The fraction of sp³-hybridized carbons (Fsp3) is 0.571. The maximum Gasteiger partial charge on any atom is 0.0343 e. The highest BCUT2D eigenvalue weighted by Gasteiger charge is 2.24. The molecule has 1 aromatic rings. The Hall–Kier alpha value is -0.500. The summed E-state index contributed by atoms with van der Waals surface area (Å²) < 4.78 is 1.14. The van der Waals surface area contributed by atoms with Gasteiger partial charge in [0, 0.05) is 16.2 Å². The van der Waals surface area contributed by atoms with Crippen molar-refractivity contribution in [1.29, 1.82) is 0 Å². The van der Waals surface area contributed by atoms with Crippen LogP contribution in [0.15, 0.2) is 28.7 Å². The van der Waals surface area contributed by atoms with Crippen molar-refractivity contribution in [2.45, 2.75) is 39.2 Å². The van der Waals surface area contributed by atoms with Crippen molar-refractivity contribution in [2.24, 2.45) is 11.8 Å². The second-order valence-corrected chi connectivity index (χ2v) is 6.07. The summed E-state index contributed by atoms with van der Waals surface area (Å²) in [6.45, 7) is 4.73. The molecule has 0 aliphatic heterocycles. The molecule has 1 fully saturated rings.